The minimum Gasteiger partial charge on any atom is -0.439 e. The van der Waals surface area contributed by atoms with Gasteiger partial charge in [0.05, 0.1) is 0 Å². The second kappa shape index (κ2) is 10.3. The third-order valence-corrected chi connectivity index (χ3v) is 5.42. The van der Waals surface area contributed by atoms with E-state index in [0.717, 1.165) is 28.9 Å². The number of aryl methyl sites for hydroxylation is 2. The van der Waals surface area contributed by atoms with Crippen molar-refractivity contribution in [2.75, 3.05) is 11.9 Å². The Hall–Kier alpha value is -3.71. The lowest BCUT2D eigenvalue weighted by molar-refractivity contribution is -0.124. The van der Waals surface area contributed by atoms with Crippen molar-refractivity contribution in [1.29, 1.82) is 0 Å². The SMILES string of the molecule is Cc1ccc(C)c(Oc2ccc(CNC(=O)c3cccc(NC(=O)C4CCCO4)c3)cn2)c1. The molecule has 33 heavy (non-hydrogen) atoms. The molecule has 7 nitrogen and oxygen atoms in total. The van der Waals surface area contributed by atoms with E-state index in [0.29, 0.717) is 36.7 Å². The van der Waals surface area contributed by atoms with Crippen LogP contribution < -0.4 is 15.4 Å². The fourth-order valence-electron chi connectivity index (χ4n) is 3.54. The predicted molar refractivity (Wildman–Crippen MR) is 125 cm³/mol. The minimum absolute atomic E-state index is 0.181. The molecule has 170 valence electrons. The Labute approximate surface area is 193 Å². The Kier molecular flexibility index (Phi) is 7.00. The molecular weight excluding hydrogens is 418 g/mol. The number of amides is 2. The summed E-state index contributed by atoms with van der Waals surface area (Å²) in [6.45, 7) is 4.93. The Morgan fingerprint density at radius 3 is 2.76 bits per heavy atom. The highest BCUT2D eigenvalue weighted by Crippen LogP contribution is 2.24. The van der Waals surface area contributed by atoms with E-state index in [1.54, 1.807) is 36.5 Å². The van der Waals surface area contributed by atoms with Crippen molar-refractivity contribution in [2.24, 2.45) is 0 Å². The van der Waals surface area contributed by atoms with Crippen LogP contribution in [-0.4, -0.2) is 29.5 Å². The van der Waals surface area contributed by atoms with Gasteiger partial charge in [-0.05, 0) is 67.6 Å². The zero-order valence-corrected chi connectivity index (χ0v) is 18.8. The first-order valence-electron chi connectivity index (χ1n) is 11.0. The fourth-order valence-corrected chi connectivity index (χ4v) is 3.54. The molecule has 1 aromatic heterocycles. The molecular formula is C26H27N3O4. The monoisotopic (exact) mass is 445 g/mol. The Bertz CT molecular complexity index is 1140. The van der Waals surface area contributed by atoms with Crippen molar-refractivity contribution in [3.8, 4) is 11.6 Å². The first kappa shape index (κ1) is 22.5. The van der Waals surface area contributed by atoms with Crippen LogP contribution in [0.5, 0.6) is 11.6 Å². The number of hydrogen-bond acceptors (Lipinski definition) is 5. The summed E-state index contributed by atoms with van der Waals surface area (Å²) in [5, 5.41) is 5.70. The topological polar surface area (TPSA) is 89.6 Å². The standard InChI is InChI=1S/C26H27N3O4/c1-17-8-9-18(2)23(13-17)33-24-11-10-19(15-27-24)16-28-25(30)20-5-3-6-21(14-20)29-26(31)22-7-4-12-32-22/h3,5-6,8-11,13-15,22H,4,7,12,16H2,1-2H3,(H,28,30)(H,29,31). The highest BCUT2D eigenvalue weighted by atomic mass is 16.5. The molecule has 2 heterocycles. The number of ether oxygens (including phenoxy) is 2. The van der Waals surface area contributed by atoms with E-state index in [4.69, 9.17) is 9.47 Å². The van der Waals surface area contributed by atoms with Gasteiger partial charge in [-0.2, -0.15) is 0 Å². The van der Waals surface area contributed by atoms with Crippen LogP contribution in [0.1, 0.15) is 39.9 Å². The number of carbonyl (C=O) groups excluding carboxylic acids is 2. The van der Waals surface area contributed by atoms with Crippen molar-refractivity contribution in [1.82, 2.24) is 10.3 Å². The first-order valence-corrected chi connectivity index (χ1v) is 11.0. The minimum atomic E-state index is -0.420. The molecule has 1 atom stereocenters. The Balaban J connectivity index is 1.32. The molecule has 0 aliphatic carbocycles. The van der Waals surface area contributed by atoms with Gasteiger partial charge < -0.3 is 20.1 Å². The van der Waals surface area contributed by atoms with Gasteiger partial charge in [-0.3, -0.25) is 9.59 Å². The summed E-state index contributed by atoms with van der Waals surface area (Å²) in [4.78, 5) is 29.2. The number of carbonyl (C=O) groups is 2. The molecule has 1 saturated heterocycles. The summed E-state index contributed by atoms with van der Waals surface area (Å²) in [7, 11) is 0. The molecule has 1 unspecified atom stereocenters. The average molecular weight is 446 g/mol. The van der Waals surface area contributed by atoms with Crippen LogP contribution >= 0.6 is 0 Å². The molecule has 7 heteroatoms. The maximum atomic E-state index is 12.6. The van der Waals surface area contributed by atoms with Crippen LogP contribution in [0, 0.1) is 13.8 Å². The Morgan fingerprint density at radius 2 is 2.00 bits per heavy atom. The molecule has 1 aliphatic heterocycles. The maximum Gasteiger partial charge on any atom is 0.253 e. The van der Waals surface area contributed by atoms with Crippen molar-refractivity contribution < 1.29 is 19.1 Å². The zero-order chi connectivity index (χ0) is 23.2. The van der Waals surface area contributed by atoms with Crippen molar-refractivity contribution >= 4 is 17.5 Å². The molecule has 1 fully saturated rings. The molecule has 0 bridgehead atoms. The van der Waals surface area contributed by atoms with Crippen LogP contribution in [-0.2, 0) is 16.1 Å². The van der Waals surface area contributed by atoms with Gasteiger partial charge >= 0.3 is 0 Å². The van der Waals surface area contributed by atoms with Gasteiger partial charge in [-0.1, -0.05) is 24.3 Å². The molecule has 0 radical (unpaired) electrons. The van der Waals surface area contributed by atoms with Gasteiger partial charge in [0.15, 0.2) is 0 Å². The number of aromatic nitrogens is 1. The van der Waals surface area contributed by atoms with Gasteiger partial charge in [-0.15, -0.1) is 0 Å². The van der Waals surface area contributed by atoms with Gasteiger partial charge in [0.2, 0.25) is 5.88 Å². The molecule has 2 N–H and O–H groups in total. The van der Waals surface area contributed by atoms with E-state index in [1.165, 1.54) is 0 Å². The fraction of sp³-hybridized carbons (Fsp3) is 0.269. The van der Waals surface area contributed by atoms with E-state index in [-0.39, 0.29) is 11.8 Å². The van der Waals surface area contributed by atoms with E-state index < -0.39 is 6.10 Å². The highest BCUT2D eigenvalue weighted by molar-refractivity contribution is 5.98. The second-order valence-electron chi connectivity index (χ2n) is 8.13. The van der Waals surface area contributed by atoms with Gasteiger partial charge in [0, 0.05) is 36.7 Å². The summed E-state index contributed by atoms with van der Waals surface area (Å²) in [5.74, 6) is 0.849. The number of nitrogens with one attached hydrogen (secondary N) is 2. The van der Waals surface area contributed by atoms with Gasteiger partial charge in [0.1, 0.15) is 11.9 Å². The summed E-state index contributed by atoms with van der Waals surface area (Å²) in [5.41, 5.74) is 4.03. The second-order valence-corrected chi connectivity index (χ2v) is 8.13. The van der Waals surface area contributed by atoms with Crippen molar-refractivity contribution in [2.45, 2.75) is 39.3 Å². The van der Waals surface area contributed by atoms with Crippen LogP contribution in [0.3, 0.4) is 0 Å². The lowest BCUT2D eigenvalue weighted by Gasteiger charge is -2.12. The zero-order valence-electron chi connectivity index (χ0n) is 18.8. The van der Waals surface area contributed by atoms with E-state index in [1.807, 2.05) is 38.1 Å². The smallest absolute Gasteiger partial charge is 0.253 e. The van der Waals surface area contributed by atoms with Crippen LogP contribution in [0.25, 0.3) is 0 Å². The van der Waals surface area contributed by atoms with Crippen LogP contribution in [0.2, 0.25) is 0 Å². The number of nitrogens with zero attached hydrogens (tertiary/aromatic N) is 1. The predicted octanol–water partition coefficient (Wildman–Crippen LogP) is 4.54. The largest absolute Gasteiger partial charge is 0.439 e. The molecule has 0 spiro atoms. The summed E-state index contributed by atoms with van der Waals surface area (Å²) in [6.07, 6.45) is 2.86. The number of pyridine rings is 1. The molecule has 1 aliphatic rings. The van der Waals surface area contributed by atoms with Gasteiger partial charge in [0.25, 0.3) is 11.8 Å². The maximum absolute atomic E-state index is 12.6. The molecule has 2 amide bonds. The van der Waals surface area contributed by atoms with E-state index in [2.05, 4.69) is 15.6 Å². The Morgan fingerprint density at radius 1 is 1.12 bits per heavy atom. The lowest BCUT2D eigenvalue weighted by Crippen LogP contribution is -2.27. The number of anilines is 1. The third-order valence-electron chi connectivity index (χ3n) is 5.42. The normalized spacial score (nSPS) is 15.2. The number of benzene rings is 2. The van der Waals surface area contributed by atoms with Crippen molar-refractivity contribution in [3.63, 3.8) is 0 Å². The molecule has 0 saturated carbocycles. The van der Waals surface area contributed by atoms with Crippen molar-refractivity contribution in [3.05, 3.63) is 83.0 Å². The number of hydrogen-bond donors (Lipinski definition) is 2. The van der Waals surface area contributed by atoms with Crippen LogP contribution in [0.15, 0.2) is 60.8 Å². The van der Waals surface area contributed by atoms with E-state index >= 15 is 0 Å². The highest BCUT2D eigenvalue weighted by Gasteiger charge is 2.23. The average Bonchev–Trinajstić information content (AvgIpc) is 3.36. The van der Waals surface area contributed by atoms with Gasteiger partial charge in [-0.25, -0.2) is 4.98 Å². The quantitative estimate of drug-likeness (QED) is 0.557. The van der Waals surface area contributed by atoms with E-state index in [9.17, 15) is 9.59 Å². The lowest BCUT2D eigenvalue weighted by atomic mass is 10.1. The molecule has 3 aromatic rings. The molecule has 2 aromatic carbocycles. The first-order chi connectivity index (χ1) is 16.0. The molecule has 4 rings (SSSR count). The summed E-state index contributed by atoms with van der Waals surface area (Å²) >= 11 is 0. The third kappa shape index (κ3) is 5.96. The summed E-state index contributed by atoms with van der Waals surface area (Å²) in [6, 6.07) is 16.5. The van der Waals surface area contributed by atoms with Crippen LogP contribution in [0.4, 0.5) is 5.69 Å². The number of rotatable bonds is 7. The summed E-state index contributed by atoms with van der Waals surface area (Å²) < 4.78 is 11.3.